The van der Waals surface area contributed by atoms with Gasteiger partial charge in [0.25, 0.3) is 5.91 Å². The first-order chi connectivity index (χ1) is 18.9. The van der Waals surface area contributed by atoms with E-state index < -0.39 is 6.17 Å². The van der Waals surface area contributed by atoms with Gasteiger partial charge in [-0.05, 0) is 54.2 Å². The van der Waals surface area contributed by atoms with Crippen molar-refractivity contribution in [3.05, 3.63) is 118 Å². The Morgan fingerprint density at radius 2 is 1.77 bits per heavy atom. The summed E-state index contributed by atoms with van der Waals surface area (Å²) in [5, 5.41) is 7.22. The minimum Gasteiger partial charge on any atom is -0.485 e. The first-order valence-electron chi connectivity index (χ1n) is 12.0. The first kappa shape index (κ1) is 26.6. The van der Waals surface area contributed by atoms with Crippen LogP contribution in [0.5, 0.6) is 5.75 Å². The van der Waals surface area contributed by atoms with Crippen LogP contribution in [0, 0.1) is 0 Å². The molecule has 2 N–H and O–H groups in total. The average molecular weight is 577 g/mol. The third-order valence-corrected chi connectivity index (χ3v) is 6.82. The summed E-state index contributed by atoms with van der Waals surface area (Å²) in [6.07, 6.45) is 0.573. The van der Waals surface area contributed by atoms with Crippen molar-refractivity contribution in [2.24, 2.45) is 4.99 Å². The standard InChI is InChI=1S/C29H23Cl2N5O2S/c1-36-23-14-13-19(30)16-21(23)25(20-10-5-6-11-22(20)31)33-27(28(36)37)35-29(39)34-26-24(12-7-15-32-26)38-17-18-8-3-2-4-9-18/h2-16,27H,17H2,1H3,(H2,32,34,35,39). The van der Waals surface area contributed by atoms with Gasteiger partial charge in [-0.2, -0.15) is 0 Å². The minimum absolute atomic E-state index is 0.149. The van der Waals surface area contributed by atoms with E-state index in [1.54, 1.807) is 49.6 Å². The summed E-state index contributed by atoms with van der Waals surface area (Å²) in [4.78, 5) is 24.2. The number of aliphatic imine (C=N–C) groups is 1. The van der Waals surface area contributed by atoms with Crippen LogP contribution in [0.1, 0.15) is 16.7 Å². The number of carbonyl (C=O) groups excluding carboxylic acids is 1. The smallest absolute Gasteiger partial charge is 0.272 e. The molecule has 0 radical (unpaired) electrons. The van der Waals surface area contributed by atoms with E-state index in [1.807, 2.05) is 48.5 Å². The number of nitrogens with zero attached hydrogens (tertiary/aromatic N) is 3. The number of fused-ring (bicyclic) bond motifs is 1. The van der Waals surface area contributed by atoms with E-state index in [0.29, 0.717) is 50.7 Å². The number of hydrogen-bond acceptors (Lipinski definition) is 5. The van der Waals surface area contributed by atoms with Gasteiger partial charge >= 0.3 is 0 Å². The summed E-state index contributed by atoms with van der Waals surface area (Å²) >= 11 is 18.5. The molecule has 10 heteroatoms. The van der Waals surface area contributed by atoms with E-state index in [1.165, 1.54) is 4.90 Å². The van der Waals surface area contributed by atoms with E-state index in [4.69, 9.17) is 45.1 Å². The number of likely N-dealkylation sites (N-methyl/N-ethyl adjacent to an activating group) is 1. The molecule has 4 aromatic rings. The number of hydrogen-bond donors (Lipinski definition) is 2. The van der Waals surface area contributed by atoms with Crippen LogP contribution in [0.2, 0.25) is 10.0 Å². The molecule has 2 heterocycles. The number of thiocarbonyl (C=S) groups is 1. The Labute approximate surface area is 241 Å². The number of ether oxygens (including phenoxy) is 1. The zero-order valence-corrected chi connectivity index (χ0v) is 23.1. The molecule has 3 aromatic carbocycles. The molecule has 1 unspecified atom stereocenters. The molecule has 1 atom stereocenters. The summed E-state index contributed by atoms with van der Waals surface area (Å²) in [7, 11) is 1.68. The van der Waals surface area contributed by atoms with Crippen LogP contribution in [0.15, 0.2) is 96.1 Å². The fourth-order valence-corrected chi connectivity index (χ4v) is 4.72. The highest BCUT2D eigenvalue weighted by atomic mass is 35.5. The van der Waals surface area contributed by atoms with Gasteiger partial charge in [0, 0.05) is 34.4 Å². The molecule has 0 bridgehead atoms. The lowest BCUT2D eigenvalue weighted by Gasteiger charge is -2.22. The lowest BCUT2D eigenvalue weighted by Crippen LogP contribution is -2.47. The van der Waals surface area contributed by atoms with E-state index in [-0.39, 0.29) is 11.0 Å². The Bertz CT molecular complexity index is 1560. The largest absolute Gasteiger partial charge is 0.485 e. The normalized spacial score (nSPS) is 14.6. The van der Waals surface area contributed by atoms with E-state index in [0.717, 1.165) is 5.56 Å². The van der Waals surface area contributed by atoms with Gasteiger partial charge in [0.2, 0.25) is 6.17 Å². The van der Waals surface area contributed by atoms with Crippen molar-refractivity contribution in [3.63, 3.8) is 0 Å². The fourth-order valence-electron chi connectivity index (χ4n) is 4.11. The maximum Gasteiger partial charge on any atom is 0.272 e. The van der Waals surface area contributed by atoms with E-state index >= 15 is 0 Å². The number of carbonyl (C=O) groups is 1. The summed E-state index contributed by atoms with van der Waals surface area (Å²) in [6, 6.07) is 25.9. The Hall–Kier alpha value is -3.98. The first-order valence-corrected chi connectivity index (χ1v) is 13.2. The van der Waals surface area contributed by atoms with Crippen molar-refractivity contribution in [1.29, 1.82) is 0 Å². The SMILES string of the molecule is CN1C(=O)C(NC(=S)Nc2ncccc2OCc2ccccc2)N=C(c2ccccc2Cl)c2cc(Cl)ccc21. The highest BCUT2D eigenvalue weighted by Gasteiger charge is 2.31. The van der Waals surface area contributed by atoms with Gasteiger partial charge in [0.1, 0.15) is 6.61 Å². The van der Waals surface area contributed by atoms with E-state index in [9.17, 15) is 4.79 Å². The molecule has 0 saturated heterocycles. The van der Waals surface area contributed by atoms with Crippen LogP contribution in [0.3, 0.4) is 0 Å². The van der Waals surface area contributed by atoms with Crippen LogP contribution < -0.4 is 20.3 Å². The van der Waals surface area contributed by atoms with Crippen LogP contribution in [0.4, 0.5) is 11.5 Å². The number of pyridine rings is 1. The number of amides is 1. The highest BCUT2D eigenvalue weighted by molar-refractivity contribution is 7.80. The van der Waals surface area contributed by atoms with Crippen molar-refractivity contribution < 1.29 is 9.53 Å². The lowest BCUT2D eigenvalue weighted by molar-refractivity contribution is -0.119. The number of benzene rings is 3. The maximum absolute atomic E-state index is 13.5. The molecule has 1 amide bonds. The molecule has 39 heavy (non-hydrogen) atoms. The van der Waals surface area contributed by atoms with Crippen LogP contribution >= 0.6 is 35.4 Å². The van der Waals surface area contributed by atoms with Crippen LogP contribution in [0.25, 0.3) is 0 Å². The Kier molecular flexibility index (Phi) is 8.07. The van der Waals surface area contributed by atoms with Crippen molar-refractivity contribution in [2.75, 3.05) is 17.3 Å². The number of aromatic nitrogens is 1. The third-order valence-electron chi connectivity index (χ3n) is 6.03. The van der Waals surface area contributed by atoms with Gasteiger partial charge in [-0.25, -0.2) is 9.98 Å². The minimum atomic E-state index is -1.05. The predicted octanol–water partition coefficient (Wildman–Crippen LogP) is 6.09. The second kappa shape index (κ2) is 11.8. The topological polar surface area (TPSA) is 78.9 Å². The molecule has 0 aliphatic carbocycles. The monoisotopic (exact) mass is 575 g/mol. The third kappa shape index (κ3) is 6.04. The molecule has 196 valence electrons. The molecule has 0 spiro atoms. The number of halogens is 2. The average Bonchev–Trinajstić information content (AvgIpc) is 3.04. The molecular weight excluding hydrogens is 553 g/mol. The van der Waals surface area contributed by atoms with Crippen molar-refractivity contribution in [3.8, 4) is 5.75 Å². The number of nitrogens with one attached hydrogen (secondary N) is 2. The predicted molar refractivity (Wildman–Crippen MR) is 160 cm³/mol. The Morgan fingerprint density at radius 1 is 1.00 bits per heavy atom. The molecule has 0 fully saturated rings. The number of rotatable bonds is 6. The molecule has 1 aliphatic rings. The zero-order valence-electron chi connectivity index (χ0n) is 20.8. The molecule has 1 aromatic heterocycles. The zero-order chi connectivity index (χ0) is 27.4. The van der Waals surface area contributed by atoms with Gasteiger partial charge < -0.3 is 20.3 Å². The molecule has 5 rings (SSSR count). The summed E-state index contributed by atoms with van der Waals surface area (Å²) in [5.41, 5.74) is 3.52. The Morgan fingerprint density at radius 3 is 2.56 bits per heavy atom. The van der Waals surface area contributed by atoms with Crippen molar-refractivity contribution in [2.45, 2.75) is 12.8 Å². The molecular formula is C29H23Cl2N5O2S. The van der Waals surface area contributed by atoms with Gasteiger partial charge in [0.05, 0.1) is 11.4 Å². The number of anilines is 2. The van der Waals surface area contributed by atoms with Gasteiger partial charge in [-0.15, -0.1) is 0 Å². The maximum atomic E-state index is 13.5. The quantitative estimate of drug-likeness (QED) is 0.271. The van der Waals surface area contributed by atoms with Gasteiger partial charge in [-0.3, -0.25) is 4.79 Å². The summed E-state index contributed by atoms with van der Waals surface area (Å²) < 4.78 is 5.97. The Balaban J connectivity index is 1.42. The van der Waals surface area contributed by atoms with Gasteiger partial charge in [0.15, 0.2) is 16.7 Å². The van der Waals surface area contributed by atoms with E-state index in [2.05, 4.69) is 15.6 Å². The fraction of sp³-hybridized carbons (Fsp3) is 0.103. The molecule has 7 nitrogen and oxygen atoms in total. The lowest BCUT2D eigenvalue weighted by atomic mass is 10.00. The highest BCUT2D eigenvalue weighted by Crippen LogP contribution is 2.32. The second-order valence-corrected chi connectivity index (χ2v) is 9.89. The second-order valence-electron chi connectivity index (χ2n) is 8.64. The number of benzodiazepines with no additional fused rings is 1. The van der Waals surface area contributed by atoms with Crippen molar-refractivity contribution >= 4 is 63.7 Å². The molecule has 0 saturated carbocycles. The summed E-state index contributed by atoms with van der Waals surface area (Å²) in [5.74, 6) is 0.606. The summed E-state index contributed by atoms with van der Waals surface area (Å²) in [6.45, 7) is 0.361. The molecule has 1 aliphatic heterocycles. The van der Waals surface area contributed by atoms with Crippen molar-refractivity contribution in [1.82, 2.24) is 10.3 Å². The van der Waals surface area contributed by atoms with Crippen LogP contribution in [-0.4, -0.2) is 34.9 Å². The van der Waals surface area contributed by atoms with Crippen LogP contribution in [-0.2, 0) is 11.4 Å². The van der Waals surface area contributed by atoms with Gasteiger partial charge in [-0.1, -0.05) is 71.7 Å².